The Hall–Kier alpha value is -2.12. The van der Waals surface area contributed by atoms with Gasteiger partial charge in [0.2, 0.25) is 0 Å². The average molecular weight is 245 g/mol. The van der Waals surface area contributed by atoms with Crippen LogP contribution in [0.25, 0.3) is 5.65 Å². The van der Waals surface area contributed by atoms with Crippen LogP contribution in [0, 0.1) is 0 Å². The summed E-state index contributed by atoms with van der Waals surface area (Å²) in [5.74, 6) is -1.17. The summed E-state index contributed by atoms with van der Waals surface area (Å²) >= 11 is 0. The molecule has 8 heteroatoms. The summed E-state index contributed by atoms with van der Waals surface area (Å²) in [6, 6.07) is 2.01. The smallest absolute Gasteiger partial charge is 0.417 e. The van der Waals surface area contributed by atoms with Crippen LogP contribution in [0.3, 0.4) is 0 Å². The number of nitrogens with zero attached hydrogens (tertiary/aromatic N) is 3. The molecule has 0 radical (unpaired) electrons. The Morgan fingerprint density at radius 1 is 1.41 bits per heavy atom. The van der Waals surface area contributed by atoms with Crippen molar-refractivity contribution in [1.82, 2.24) is 14.6 Å². The largest absolute Gasteiger partial charge is 0.481 e. The number of carboxylic acids is 1. The predicted molar refractivity (Wildman–Crippen MR) is 49.3 cm³/mol. The molecule has 0 unspecified atom stereocenters. The van der Waals surface area contributed by atoms with Crippen LogP contribution in [-0.4, -0.2) is 25.7 Å². The molecule has 0 aliphatic heterocycles. The van der Waals surface area contributed by atoms with Gasteiger partial charge in [-0.05, 0) is 12.1 Å². The van der Waals surface area contributed by atoms with Gasteiger partial charge in [0.05, 0.1) is 5.56 Å². The molecule has 2 heterocycles. The Kier molecular flexibility index (Phi) is 2.49. The number of fused-ring (bicyclic) bond motifs is 1. The second-order valence-corrected chi connectivity index (χ2v) is 3.32. The Bertz CT molecular complexity index is 576. The van der Waals surface area contributed by atoms with E-state index in [2.05, 4.69) is 10.1 Å². The first kappa shape index (κ1) is 11.4. The minimum Gasteiger partial charge on any atom is -0.481 e. The van der Waals surface area contributed by atoms with Crippen LogP contribution in [0.4, 0.5) is 13.2 Å². The summed E-state index contributed by atoms with van der Waals surface area (Å²) in [6.45, 7) is 0. The molecule has 0 aliphatic rings. The summed E-state index contributed by atoms with van der Waals surface area (Å²) in [7, 11) is 0. The fraction of sp³-hybridized carbons (Fsp3) is 0.222. The lowest BCUT2D eigenvalue weighted by Gasteiger charge is -2.05. The van der Waals surface area contributed by atoms with Crippen molar-refractivity contribution in [2.24, 2.45) is 0 Å². The molecule has 0 saturated heterocycles. The molecule has 0 atom stereocenters. The number of rotatable bonds is 2. The Balaban J connectivity index is 2.44. The maximum absolute atomic E-state index is 12.4. The Morgan fingerprint density at radius 3 is 2.71 bits per heavy atom. The number of hydrogen-bond acceptors (Lipinski definition) is 3. The number of aromatic nitrogens is 3. The fourth-order valence-corrected chi connectivity index (χ4v) is 1.31. The third-order valence-electron chi connectivity index (χ3n) is 2.01. The van der Waals surface area contributed by atoms with E-state index in [-0.39, 0.29) is 11.5 Å². The van der Waals surface area contributed by atoms with Crippen LogP contribution in [-0.2, 0) is 17.4 Å². The van der Waals surface area contributed by atoms with Crippen LogP contribution in [0.2, 0.25) is 0 Å². The van der Waals surface area contributed by atoms with E-state index in [0.29, 0.717) is 0 Å². The first-order valence-corrected chi connectivity index (χ1v) is 4.50. The first-order chi connectivity index (χ1) is 7.86. The molecular formula is C9H6F3N3O2. The molecule has 5 nitrogen and oxygen atoms in total. The molecule has 0 fully saturated rings. The highest BCUT2D eigenvalue weighted by atomic mass is 19.4. The van der Waals surface area contributed by atoms with E-state index >= 15 is 0 Å². The highest BCUT2D eigenvalue weighted by Gasteiger charge is 2.31. The van der Waals surface area contributed by atoms with Gasteiger partial charge in [-0.2, -0.15) is 18.3 Å². The van der Waals surface area contributed by atoms with E-state index < -0.39 is 24.1 Å². The maximum Gasteiger partial charge on any atom is 0.417 e. The van der Waals surface area contributed by atoms with Crippen molar-refractivity contribution in [2.75, 3.05) is 0 Å². The van der Waals surface area contributed by atoms with Crippen molar-refractivity contribution in [1.29, 1.82) is 0 Å². The predicted octanol–water partition coefficient (Wildman–Crippen LogP) is 1.38. The zero-order valence-electron chi connectivity index (χ0n) is 8.27. The zero-order valence-corrected chi connectivity index (χ0v) is 8.27. The second kappa shape index (κ2) is 3.72. The van der Waals surface area contributed by atoms with Gasteiger partial charge in [0.1, 0.15) is 6.42 Å². The van der Waals surface area contributed by atoms with Gasteiger partial charge < -0.3 is 5.11 Å². The SMILES string of the molecule is O=C(O)Cc1nc2ccc(C(F)(F)F)cn2n1. The van der Waals surface area contributed by atoms with Gasteiger partial charge in [-0.3, -0.25) is 4.79 Å². The van der Waals surface area contributed by atoms with Gasteiger partial charge >= 0.3 is 12.1 Å². The summed E-state index contributed by atoms with van der Waals surface area (Å²) in [6.07, 6.45) is -4.12. The standard InChI is InChI=1S/C9H6F3N3O2/c10-9(11,12)5-1-2-7-13-6(3-8(16)17)14-15(7)4-5/h1-2,4H,3H2,(H,16,17). The third-order valence-corrected chi connectivity index (χ3v) is 2.01. The molecule has 0 saturated carbocycles. The molecule has 2 rings (SSSR count). The normalized spacial score (nSPS) is 11.9. The lowest BCUT2D eigenvalue weighted by atomic mass is 10.3. The molecule has 0 bridgehead atoms. The monoisotopic (exact) mass is 245 g/mol. The van der Waals surface area contributed by atoms with E-state index in [0.717, 1.165) is 22.8 Å². The van der Waals surface area contributed by atoms with E-state index in [1.54, 1.807) is 0 Å². The molecule has 0 aromatic carbocycles. The third kappa shape index (κ3) is 2.35. The molecule has 0 amide bonds. The number of hydrogen-bond donors (Lipinski definition) is 1. The quantitative estimate of drug-likeness (QED) is 0.867. The summed E-state index contributed by atoms with van der Waals surface area (Å²) < 4.78 is 38.0. The Morgan fingerprint density at radius 2 is 2.12 bits per heavy atom. The molecule has 2 aromatic heterocycles. The van der Waals surface area contributed by atoms with Crippen LogP contribution in [0.15, 0.2) is 18.3 Å². The number of carbonyl (C=O) groups is 1. The number of carboxylic acid groups (broad SMARTS) is 1. The average Bonchev–Trinajstić information content (AvgIpc) is 2.55. The first-order valence-electron chi connectivity index (χ1n) is 4.50. The van der Waals surface area contributed by atoms with Crippen molar-refractivity contribution >= 4 is 11.6 Å². The summed E-state index contributed by atoms with van der Waals surface area (Å²) in [5, 5.41) is 12.2. The van der Waals surface area contributed by atoms with Gasteiger partial charge in [0.25, 0.3) is 0 Å². The number of pyridine rings is 1. The molecule has 17 heavy (non-hydrogen) atoms. The van der Waals surface area contributed by atoms with Crippen LogP contribution >= 0.6 is 0 Å². The van der Waals surface area contributed by atoms with Crippen molar-refractivity contribution in [3.05, 3.63) is 29.7 Å². The lowest BCUT2D eigenvalue weighted by molar-refractivity contribution is -0.138. The van der Waals surface area contributed by atoms with Crippen molar-refractivity contribution in [3.8, 4) is 0 Å². The van der Waals surface area contributed by atoms with Gasteiger partial charge in [-0.25, -0.2) is 9.50 Å². The molecule has 0 aliphatic carbocycles. The zero-order chi connectivity index (χ0) is 12.6. The van der Waals surface area contributed by atoms with Crippen LogP contribution in [0.1, 0.15) is 11.4 Å². The minimum absolute atomic E-state index is 0.0307. The van der Waals surface area contributed by atoms with Crippen molar-refractivity contribution in [2.45, 2.75) is 12.6 Å². The van der Waals surface area contributed by atoms with E-state index in [1.807, 2.05) is 0 Å². The van der Waals surface area contributed by atoms with Gasteiger partial charge in [-0.15, -0.1) is 0 Å². The molecule has 1 N–H and O–H groups in total. The molecule has 90 valence electrons. The highest BCUT2D eigenvalue weighted by molar-refractivity contribution is 5.69. The van der Waals surface area contributed by atoms with Crippen molar-refractivity contribution in [3.63, 3.8) is 0 Å². The van der Waals surface area contributed by atoms with E-state index in [1.165, 1.54) is 0 Å². The van der Waals surface area contributed by atoms with Gasteiger partial charge in [0, 0.05) is 6.20 Å². The number of halogens is 3. The van der Waals surface area contributed by atoms with Crippen LogP contribution < -0.4 is 0 Å². The van der Waals surface area contributed by atoms with Crippen molar-refractivity contribution < 1.29 is 23.1 Å². The van der Waals surface area contributed by atoms with E-state index in [9.17, 15) is 18.0 Å². The van der Waals surface area contributed by atoms with E-state index in [4.69, 9.17) is 5.11 Å². The van der Waals surface area contributed by atoms with Gasteiger partial charge in [0.15, 0.2) is 11.5 Å². The summed E-state index contributed by atoms with van der Waals surface area (Å²) in [5.41, 5.74) is -0.689. The second-order valence-electron chi connectivity index (χ2n) is 3.32. The van der Waals surface area contributed by atoms with Gasteiger partial charge in [-0.1, -0.05) is 0 Å². The highest BCUT2D eigenvalue weighted by Crippen LogP contribution is 2.28. The molecule has 2 aromatic rings. The van der Waals surface area contributed by atoms with Crippen LogP contribution in [0.5, 0.6) is 0 Å². The fourth-order valence-electron chi connectivity index (χ4n) is 1.31. The minimum atomic E-state index is -4.47. The number of aliphatic carboxylic acids is 1. The maximum atomic E-state index is 12.4. The molecular weight excluding hydrogens is 239 g/mol. The topological polar surface area (TPSA) is 67.5 Å². The lowest BCUT2D eigenvalue weighted by Crippen LogP contribution is -2.06. The molecule has 0 spiro atoms. The summed E-state index contributed by atoms with van der Waals surface area (Å²) in [4.78, 5) is 14.2. The number of alkyl halides is 3. The Labute approximate surface area is 92.5 Å².